The Kier molecular flexibility index (Phi) is 4.02. The Morgan fingerprint density at radius 2 is 2.41 bits per heavy atom. The lowest BCUT2D eigenvalue weighted by Crippen LogP contribution is -2.34. The molecule has 2 N–H and O–H groups in total. The lowest BCUT2D eigenvalue weighted by molar-refractivity contribution is -0.129. The van der Waals surface area contributed by atoms with Crippen LogP contribution in [0.15, 0.2) is 6.20 Å². The van der Waals surface area contributed by atoms with Gasteiger partial charge in [-0.05, 0) is 12.8 Å². The zero-order valence-electron chi connectivity index (χ0n) is 9.53. The highest BCUT2D eigenvalue weighted by Gasteiger charge is 2.26. The fourth-order valence-electron chi connectivity index (χ4n) is 1.72. The van der Waals surface area contributed by atoms with Crippen molar-refractivity contribution >= 4 is 17.5 Å². The number of aliphatic hydroxyl groups excluding tert-OH is 1. The summed E-state index contributed by atoms with van der Waals surface area (Å²) in [6.07, 6.45) is 4.13. The molecule has 1 aromatic heterocycles. The minimum atomic E-state index is -0.178. The summed E-state index contributed by atoms with van der Waals surface area (Å²) in [5.41, 5.74) is 0.888. The normalized spacial score (nSPS) is 14.9. The molecule has 1 aliphatic carbocycles. The van der Waals surface area contributed by atoms with E-state index in [1.165, 1.54) is 17.7 Å². The van der Waals surface area contributed by atoms with Crippen LogP contribution in [0.25, 0.3) is 0 Å². The van der Waals surface area contributed by atoms with Crippen molar-refractivity contribution in [1.29, 1.82) is 0 Å². The van der Waals surface area contributed by atoms with Gasteiger partial charge in [0.2, 0.25) is 5.91 Å². The van der Waals surface area contributed by atoms with Crippen LogP contribution < -0.4 is 0 Å². The van der Waals surface area contributed by atoms with Crippen molar-refractivity contribution in [3.05, 3.63) is 17.7 Å². The van der Waals surface area contributed by atoms with Gasteiger partial charge in [0.1, 0.15) is 11.7 Å². The predicted molar refractivity (Wildman–Crippen MR) is 63.8 cm³/mol. The minimum absolute atomic E-state index is 0.0632. The summed E-state index contributed by atoms with van der Waals surface area (Å²) in [5, 5.41) is 8.90. The Hall–Kier alpha value is -1.07. The molecule has 1 aliphatic rings. The highest BCUT2D eigenvalue weighted by Crippen LogP contribution is 2.38. The predicted octanol–water partition coefficient (Wildman–Crippen LogP) is 0.847. The third-order valence-electron chi connectivity index (χ3n) is 2.81. The molecule has 0 saturated heterocycles. The number of carbonyl (C=O) groups is 1. The van der Waals surface area contributed by atoms with Crippen LogP contribution >= 0.6 is 11.6 Å². The average Bonchev–Trinajstić information content (AvgIpc) is 3.09. The second-order valence-corrected chi connectivity index (χ2v) is 4.51. The fraction of sp³-hybridized carbons (Fsp3) is 0.636. The number of aromatic amines is 1. The first-order valence-corrected chi connectivity index (χ1v) is 6.26. The zero-order valence-corrected chi connectivity index (χ0v) is 10.3. The van der Waals surface area contributed by atoms with E-state index in [2.05, 4.69) is 9.97 Å². The molecule has 1 fully saturated rings. The standard InChI is InChI=1S/C11H16ClN3O2/c12-5-10(17)15(3-4-16)7-9-6-13-11(14-9)8-1-2-8/h6,8,16H,1-5,7H2,(H,13,14). The number of halogens is 1. The molecule has 6 heteroatoms. The molecule has 0 spiro atoms. The van der Waals surface area contributed by atoms with E-state index in [0.29, 0.717) is 19.0 Å². The highest BCUT2D eigenvalue weighted by atomic mass is 35.5. The first kappa shape index (κ1) is 12.4. The van der Waals surface area contributed by atoms with Crippen LogP contribution in [0.4, 0.5) is 0 Å². The number of aromatic nitrogens is 2. The van der Waals surface area contributed by atoms with E-state index in [-0.39, 0.29) is 18.4 Å². The summed E-state index contributed by atoms with van der Waals surface area (Å²) in [4.78, 5) is 20.5. The Bertz CT molecular complexity index is 390. The molecule has 0 bridgehead atoms. The molecule has 2 rings (SSSR count). The summed E-state index contributed by atoms with van der Waals surface area (Å²) in [5.74, 6) is 1.33. The van der Waals surface area contributed by atoms with E-state index in [1.807, 2.05) is 0 Å². The summed E-state index contributed by atoms with van der Waals surface area (Å²) < 4.78 is 0. The van der Waals surface area contributed by atoms with E-state index in [1.54, 1.807) is 6.20 Å². The lowest BCUT2D eigenvalue weighted by Gasteiger charge is -2.19. The number of nitrogens with one attached hydrogen (secondary N) is 1. The molecule has 1 aromatic rings. The molecule has 1 amide bonds. The molecular weight excluding hydrogens is 242 g/mol. The number of imidazole rings is 1. The highest BCUT2D eigenvalue weighted by molar-refractivity contribution is 6.27. The van der Waals surface area contributed by atoms with Crippen LogP contribution in [-0.2, 0) is 11.3 Å². The van der Waals surface area contributed by atoms with Gasteiger partial charge in [-0.15, -0.1) is 11.6 Å². The van der Waals surface area contributed by atoms with Crippen molar-refractivity contribution in [3.8, 4) is 0 Å². The molecule has 0 atom stereocenters. The zero-order chi connectivity index (χ0) is 12.3. The number of H-pyrrole nitrogens is 1. The maximum atomic E-state index is 11.5. The SMILES string of the molecule is O=C(CCl)N(CCO)Cc1cnc(C2CC2)[nH]1. The third-order valence-corrected chi connectivity index (χ3v) is 3.04. The van der Waals surface area contributed by atoms with Crippen molar-refractivity contribution in [1.82, 2.24) is 14.9 Å². The molecule has 0 unspecified atom stereocenters. The van der Waals surface area contributed by atoms with Gasteiger partial charge in [0.25, 0.3) is 0 Å². The molecule has 1 saturated carbocycles. The van der Waals surface area contributed by atoms with Gasteiger partial charge in [-0.25, -0.2) is 4.98 Å². The molecule has 0 aromatic carbocycles. The van der Waals surface area contributed by atoms with Gasteiger partial charge in [0.05, 0.1) is 25.0 Å². The van der Waals surface area contributed by atoms with Gasteiger partial charge in [0.15, 0.2) is 0 Å². The van der Waals surface area contributed by atoms with Crippen LogP contribution in [0.3, 0.4) is 0 Å². The van der Waals surface area contributed by atoms with Gasteiger partial charge in [-0.3, -0.25) is 4.79 Å². The number of nitrogens with zero attached hydrogens (tertiary/aromatic N) is 2. The summed E-state index contributed by atoms with van der Waals surface area (Å²) in [7, 11) is 0. The van der Waals surface area contributed by atoms with Crippen LogP contribution in [0, 0.1) is 0 Å². The number of carbonyl (C=O) groups excluding carboxylic acids is 1. The second kappa shape index (κ2) is 5.51. The van der Waals surface area contributed by atoms with Crippen molar-refractivity contribution < 1.29 is 9.90 Å². The third kappa shape index (κ3) is 3.20. The van der Waals surface area contributed by atoms with Gasteiger partial charge in [-0.1, -0.05) is 0 Å². The number of aliphatic hydroxyl groups is 1. The van der Waals surface area contributed by atoms with Crippen LogP contribution in [0.2, 0.25) is 0 Å². The first-order chi connectivity index (χ1) is 8.24. The molecule has 17 heavy (non-hydrogen) atoms. The summed E-state index contributed by atoms with van der Waals surface area (Å²) in [6, 6.07) is 0. The Morgan fingerprint density at radius 3 is 3.00 bits per heavy atom. The summed E-state index contributed by atoms with van der Waals surface area (Å²) >= 11 is 5.52. The average molecular weight is 258 g/mol. The van der Waals surface area contributed by atoms with E-state index in [4.69, 9.17) is 16.7 Å². The largest absolute Gasteiger partial charge is 0.395 e. The molecule has 94 valence electrons. The van der Waals surface area contributed by atoms with Crippen LogP contribution in [0.5, 0.6) is 0 Å². The Balaban J connectivity index is 1.97. The topological polar surface area (TPSA) is 69.2 Å². The molecule has 5 nitrogen and oxygen atoms in total. The quantitative estimate of drug-likeness (QED) is 0.743. The molecular formula is C11H16ClN3O2. The number of hydrogen-bond acceptors (Lipinski definition) is 3. The minimum Gasteiger partial charge on any atom is -0.395 e. The van der Waals surface area contributed by atoms with Crippen molar-refractivity contribution in [2.24, 2.45) is 0 Å². The fourth-order valence-corrected chi connectivity index (χ4v) is 1.89. The number of amides is 1. The van der Waals surface area contributed by atoms with Crippen LogP contribution in [0.1, 0.15) is 30.3 Å². The van der Waals surface area contributed by atoms with E-state index in [9.17, 15) is 4.79 Å². The maximum Gasteiger partial charge on any atom is 0.237 e. The Labute approximate surface area is 105 Å². The first-order valence-electron chi connectivity index (χ1n) is 5.73. The monoisotopic (exact) mass is 257 g/mol. The summed E-state index contributed by atoms with van der Waals surface area (Å²) in [6.45, 7) is 0.654. The molecule has 1 heterocycles. The van der Waals surface area contributed by atoms with Gasteiger partial charge < -0.3 is 15.0 Å². The van der Waals surface area contributed by atoms with Crippen molar-refractivity contribution in [2.45, 2.75) is 25.3 Å². The van der Waals surface area contributed by atoms with Crippen molar-refractivity contribution in [2.75, 3.05) is 19.0 Å². The van der Waals surface area contributed by atoms with E-state index < -0.39 is 0 Å². The van der Waals surface area contributed by atoms with Gasteiger partial charge in [0, 0.05) is 12.5 Å². The van der Waals surface area contributed by atoms with Crippen molar-refractivity contribution in [3.63, 3.8) is 0 Å². The number of alkyl halides is 1. The number of hydrogen-bond donors (Lipinski definition) is 2. The van der Waals surface area contributed by atoms with Gasteiger partial charge >= 0.3 is 0 Å². The molecule has 0 aliphatic heterocycles. The lowest BCUT2D eigenvalue weighted by atomic mass is 10.4. The van der Waals surface area contributed by atoms with Gasteiger partial charge in [-0.2, -0.15) is 0 Å². The van der Waals surface area contributed by atoms with E-state index in [0.717, 1.165) is 11.5 Å². The van der Waals surface area contributed by atoms with Crippen LogP contribution in [-0.4, -0.2) is 44.9 Å². The maximum absolute atomic E-state index is 11.5. The second-order valence-electron chi connectivity index (χ2n) is 4.24. The number of rotatable bonds is 6. The smallest absolute Gasteiger partial charge is 0.237 e. The Morgan fingerprint density at radius 1 is 1.65 bits per heavy atom. The molecule has 0 radical (unpaired) electrons. The van der Waals surface area contributed by atoms with E-state index >= 15 is 0 Å².